The SMILES string of the molecule is CCCC(Cl)c1noc(-c2ccncc2Cl)n1. The van der Waals surface area contributed by atoms with Crippen molar-refractivity contribution >= 4 is 23.2 Å². The zero-order valence-corrected chi connectivity index (χ0v) is 10.7. The lowest BCUT2D eigenvalue weighted by Gasteiger charge is -1.99. The van der Waals surface area contributed by atoms with Gasteiger partial charge in [-0.3, -0.25) is 4.98 Å². The average Bonchev–Trinajstić information content (AvgIpc) is 2.79. The number of aromatic nitrogens is 3. The largest absolute Gasteiger partial charge is 0.334 e. The van der Waals surface area contributed by atoms with Crippen LogP contribution in [0.15, 0.2) is 23.0 Å². The molecule has 0 bridgehead atoms. The summed E-state index contributed by atoms with van der Waals surface area (Å²) in [6.07, 6.45) is 4.93. The van der Waals surface area contributed by atoms with E-state index in [0.29, 0.717) is 22.3 Å². The monoisotopic (exact) mass is 271 g/mol. The quantitative estimate of drug-likeness (QED) is 0.793. The first-order valence-corrected chi connectivity index (χ1v) is 6.11. The number of halogens is 2. The molecule has 90 valence electrons. The summed E-state index contributed by atoms with van der Waals surface area (Å²) in [6, 6.07) is 1.72. The smallest absolute Gasteiger partial charge is 0.259 e. The van der Waals surface area contributed by atoms with Crippen LogP contribution in [0.25, 0.3) is 11.5 Å². The van der Waals surface area contributed by atoms with Gasteiger partial charge in [0.2, 0.25) is 0 Å². The molecule has 0 saturated carbocycles. The van der Waals surface area contributed by atoms with E-state index >= 15 is 0 Å². The van der Waals surface area contributed by atoms with Crippen molar-refractivity contribution in [1.29, 1.82) is 0 Å². The van der Waals surface area contributed by atoms with Gasteiger partial charge in [0.1, 0.15) is 0 Å². The van der Waals surface area contributed by atoms with Crippen molar-refractivity contribution < 1.29 is 4.52 Å². The molecule has 0 fully saturated rings. The van der Waals surface area contributed by atoms with Crippen molar-refractivity contribution in [2.45, 2.75) is 25.1 Å². The maximum absolute atomic E-state index is 6.12. The van der Waals surface area contributed by atoms with Crippen molar-refractivity contribution in [2.24, 2.45) is 0 Å². The van der Waals surface area contributed by atoms with Gasteiger partial charge in [0.25, 0.3) is 5.89 Å². The van der Waals surface area contributed by atoms with Gasteiger partial charge in [-0.15, -0.1) is 11.6 Å². The van der Waals surface area contributed by atoms with E-state index in [-0.39, 0.29) is 5.38 Å². The second-order valence-electron chi connectivity index (χ2n) is 3.57. The minimum absolute atomic E-state index is 0.224. The summed E-state index contributed by atoms with van der Waals surface area (Å²) < 4.78 is 5.14. The zero-order valence-electron chi connectivity index (χ0n) is 9.23. The summed E-state index contributed by atoms with van der Waals surface area (Å²) in [5.41, 5.74) is 0.667. The molecule has 0 aliphatic carbocycles. The van der Waals surface area contributed by atoms with Crippen LogP contribution in [-0.2, 0) is 0 Å². The number of alkyl halides is 1. The second-order valence-corrected chi connectivity index (χ2v) is 4.50. The van der Waals surface area contributed by atoms with Gasteiger partial charge >= 0.3 is 0 Å². The van der Waals surface area contributed by atoms with Crippen LogP contribution < -0.4 is 0 Å². The highest BCUT2D eigenvalue weighted by Gasteiger charge is 2.17. The first-order chi connectivity index (χ1) is 8.22. The number of rotatable bonds is 4. The van der Waals surface area contributed by atoms with E-state index in [0.717, 1.165) is 12.8 Å². The Hall–Kier alpha value is -1.13. The van der Waals surface area contributed by atoms with Crippen LogP contribution in [0.2, 0.25) is 5.02 Å². The molecule has 0 aromatic carbocycles. The van der Waals surface area contributed by atoms with Crippen molar-refractivity contribution in [3.63, 3.8) is 0 Å². The molecule has 17 heavy (non-hydrogen) atoms. The number of nitrogens with zero attached hydrogens (tertiary/aromatic N) is 3. The number of hydrogen-bond donors (Lipinski definition) is 0. The van der Waals surface area contributed by atoms with Crippen molar-refractivity contribution in [2.75, 3.05) is 0 Å². The molecule has 0 spiro atoms. The third kappa shape index (κ3) is 2.76. The van der Waals surface area contributed by atoms with E-state index in [1.165, 1.54) is 6.20 Å². The number of hydrogen-bond acceptors (Lipinski definition) is 4. The maximum Gasteiger partial charge on any atom is 0.259 e. The fraction of sp³-hybridized carbons (Fsp3) is 0.364. The fourth-order valence-corrected chi connectivity index (χ4v) is 1.91. The third-order valence-electron chi connectivity index (χ3n) is 2.27. The molecule has 0 N–H and O–H groups in total. The molecule has 2 heterocycles. The van der Waals surface area contributed by atoms with Gasteiger partial charge in [0.05, 0.1) is 16.0 Å². The highest BCUT2D eigenvalue weighted by Crippen LogP contribution is 2.28. The summed E-state index contributed by atoms with van der Waals surface area (Å²) in [6.45, 7) is 2.05. The van der Waals surface area contributed by atoms with E-state index in [2.05, 4.69) is 22.0 Å². The van der Waals surface area contributed by atoms with Gasteiger partial charge in [-0.05, 0) is 12.5 Å². The van der Waals surface area contributed by atoms with Crippen LogP contribution in [0.1, 0.15) is 31.0 Å². The molecule has 0 aliphatic heterocycles. The van der Waals surface area contributed by atoms with Gasteiger partial charge in [0, 0.05) is 12.4 Å². The molecule has 2 rings (SSSR count). The van der Waals surface area contributed by atoms with E-state index in [1.54, 1.807) is 12.3 Å². The standard InChI is InChI=1S/C11H11Cl2N3O/c1-2-3-8(12)10-15-11(17-16-10)7-4-5-14-6-9(7)13/h4-6,8H,2-3H2,1H3. The molecule has 0 saturated heterocycles. The molecule has 0 aliphatic rings. The molecule has 1 unspecified atom stereocenters. The Kier molecular flexibility index (Phi) is 3.97. The lowest BCUT2D eigenvalue weighted by atomic mass is 10.2. The second kappa shape index (κ2) is 5.47. The summed E-state index contributed by atoms with van der Waals surface area (Å²) >= 11 is 12.1. The molecule has 6 heteroatoms. The Morgan fingerprint density at radius 3 is 3.00 bits per heavy atom. The highest BCUT2D eigenvalue weighted by atomic mass is 35.5. The van der Waals surface area contributed by atoms with Crippen molar-refractivity contribution in [3.8, 4) is 11.5 Å². The molecule has 2 aromatic rings. The molecule has 1 atom stereocenters. The Morgan fingerprint density at radius 1 is 1.47 bits per heavy atom. The maximum atomic E-state index is 6.12. The number of pyridine rings is 1. The molecular weight excluding hydrogens is 261 g/mol. The molecule has 0 amide bonds. The van der Waals surface area contributed by atoms with Crippen LogP contribution in [0.3, 0.4) is 0 Å². The highest BCUT2D eigenvalue weighted by molar-refractivity contribution is 6.33. The first-order valence-electron chi connectivity index (χ1n) is 5.30. The lowest BCUT2D eigenvalue weighted by Crippen LogP contribution is -1.92. The van der Waals surface area contributed by atoms with Crippen LogP contribution in [0, 0.1) is 0 Å². The molecule has 2 aromatic heterocycles. The molecule has 0 radical (unpaired) electrons. The molecular formula is C11H11Cl2N3O. The fourth-order valence-electron chi connectivity index (χ4n) is 1.40. The minimum Gasteiger partial charge on any atom is -0.334 e. The van der Waals surface area contributed by atoms with Crippen molar-refractivity contribution in [1.82, 2.24) is 15.1 Å². The summed E-state index contributed by atoms with van der Waals surface area (Å²) in [7, 11) is 0. The van der Waals surface area contributed by atoms with Crippen LogP contribution in [0.4, 0.5) is 0 Å². The van der Waals surface area contributed by atoms with E-state index < -0.39 is 0 Å². The van der Waals surface area contributed by atoms with E-state index in [9.17, 15) is 0 Å². The van der Waals surface area contributed by atoms with Crippen LogP contribution >= 0.6 is 23.2 Å². The lowest BCUT2D eigenvalue weighted by molar-refractivity contribution is 0.420. The van der Waals surface area contributed by atoms with Gasteiger partial charge in [-0.2, -0.15) is 4.98 Å². The van der Waals surface area contributed by atoms with Gasteiger partial charge in [-0.1, -0.05) is 30.1 Å². The van der Waals surface area contributed by atoms with E-state index in [1.807, 2.05) is 0 Å². The molecule has 4 nitrogen and oxygen atoms in total. The van der Waals surface area contributed by atoms with Crippen LogP contribution in [-0.4, -0.2) is 15.1 Å². The Balaban J connectivity index is 2.27. The predicted molar refractivity (Wildman–Crippen MR) is 66.0 cm³/mol. The summed E-state index contributed by atoms with van der Waals surface area (Å²) in [5.74, 6) is 0.866. The minimum atomic E-state index is -0.224. The van der Waals surface area contributed by atoms with Crippen molar-refractivity contribution in [3.05, 3.63) is 29.3 Å². The van der Waals surface area contributed by atoms with Gasteiger partial charge in [0.15, 0.2) is 5.82 Å². The summed E-state index contributed by atoms with van der Waals surface area (Å²) in [5, 5.41) is 4.11. The normalized spacial score (nSPS) is 12.6. The first kappa shape index (κ1) is 12.3. The van der Waals surface area contributed by atoms with Gasteiger partial charge < -0.3 is 4.52 Å². The van der Waals surface area contributed by atoms with Gasteiger partial charge in [-0.25, -0.2) is 0 Å². The third-order valence-corrected chi connectivity index (χ3v) is 2.98. The van der Waals surface area contributed by atoms with Crippen LogP contribution in [0.5, 0.6) is 0 Å². The predicted octanol–water partition coefficient (Wildman–Crippen LogP) is 3.87. The zero-order chi connectivity index (χ0) is 12.3. The summed E-state index contributed by atoms with van der Waals surface area (Å²) in [4.78, 5) is 8.13. The Labute approximate surface area is 109 Å². The Bertz CT molecular complexity index is 501. The topological polar surface area (TPSA) is 51.8 Å². The average molecular weight is 272 g/mol. The van der Waals surface area contributed by atoms with E-state index in [4.69, 9.17) is 27.7 Å². The Morgan fingerprint density at radius 2 is 2.29 bits per heavy atom.